The number of hydrogen-bond acceptors (Lipinski definition) is 6. The third-order valence-corrected chi connectivity index (χ3v) is 4.25. The largest absolute Gasteiger partial charge is 0.367 e. The molecule has 0 aromatic carbocycles. The number of rotatable bonds is 3. The standard InChI is InChI=1S/C15H20N8/c1-11-18-19-15-6-5-14(20-23(11)15)17-12-4-3-7-22(9-12)13-8-16-21(2)10-13/h5-6,8,10,12H,3-4,7,9H2,1-2H3,(H,17,20)/t12-/m1/s1. The highest BCUT2D eigenvalue weighted by Gasteiger charge is 2.21. The fourth-order valence-corrected chi connectivity index (χ4v) is 3.08. The Hall–Kier alpha value is -2.64. The predicted octanol–water partition coefficient (Wildman–Crippen LogP) is 1.25. The SMILES string of the molecule is Cc1nnc2ccc(N[C@@H]3CCCN(c4cnn(C)c4)C3)nn12. The number of anilines is 2. The summed E-state index contributed by atoms with van der Waals surface area (Å²) < 4.78 is 3.61. The minimum Gasteiger partial charge on any atom is -0.367 e. The number of piperidine rings is 1. The van der Waals surface area contributed by atoms with Crippen LogP contribution in [0.5, 0.6) is 0 Å². The zero-order chi connectivity index (χ0) is 15.8. The van der Waals surface area contributed by atoms with Crippen molar-refractivity contribution in [2.45, 2.75) is 25.8 Å². The van der Waals surface area contributed by atoms with E-state index in [0.29, 0.717) is 6.04 Å². The second-order valence-corrected chi connectivity index (χ2v) is 6.04. The number of hydrogen-bond donors (Lipinski definition) is 1. The third kappa shape index (κ3) is 2.71. The van der Waals surface area contributed by atoms with Crippen LogP contribution in [0.4, 0.5) is 11.5 Å². The molecule has 0 saturated carbocycles. The van der Waals surface area contributed by atoms with Crippen molar-refractivity contribution in [2.75, 3.05) is 23.3 Å². The maximum Gasteiger partial charge on any atom is 0.178 e. The Morgan fingerprint density at radius 3 is 3.00 bits per heavy atom. The zero-order valence-electron chi connectivity index (χ0n) is 13.3. The summed E-state index contributed by atoms with van der Waals surface area (Å²) in [6.45, 7) is 3.93. The summed E-state index contributed by atoms with van der Waals surface area (Å²) in [6, 6.07) is 4.27. The van der Waals surface area contributed by atoms with Crippen molar-refractivity contribution in [3.63, 3.8) is 0 Å². The Morgan fingerprint density at radius 2 is 2.17 bits per heavy atom. The summed E-state index contributed by atoms with van der Waals surface area (Å²) in [5.41, 5.74) is 1.95. The lowest BCUT2D eigenvalue weighted by atomic mass is 10.1. The molecule has 3 aromatic heterocycles. The van der Waals surface area contributed by atoms with Crippen LogP contribution in [0.3, 0.4) is 0 Å². The Bertz CT molecular complexity index is 820. The normalized spacial score (nSPS) is 18.5. The summed E-state index contributed by atoms with van der Waals surface area (Å²) in [5, 5.41) is 20.5. The second kappa shape index (κ2) is 5.53. The van der Waals surface area contributed by atoms with Gasteiger partial charge in [0.05, 0.1) is 11.9 Å². The van der Waals surface area contributed by atoms with Crippen molar-refractivity contribution in [1.82, 2.24) is 29.6 Å². The van der Waals surface area contributed by atoms with E-state index < -0.39 is 0 Å². The van der Waals surface area contributed by atoms with E-state index in [-0.39, 0.29) is 0 Å². The van der Waals surface area contributed by atoms with Gasteiger partial charge in [0.2, 0.25) is 0 Å². The Morgan fingerprint density at radius 1 is 1.26 bits per heavy atom. The van der Waals surface area contributed by atoms with Gasteiger partial charge in [-0.25, -0.2) is 0 Å². The molecule has 8 heteroatoms. The molecule has 1 atom stereocenters. The van der Waals surface area contributed by atoms with Gasteiger partial charge in [0.25, 0.3) is 0 Å². The van der Waals surface area contributed by atoms with Crippen molar-refractivity contribution in [3.05, 3.63) is 30.4 Å². The Labute approximate surface area is 134 Å². The second-order valence-electron chi connectivity index (χ2n) is 6.04. The number of nitrogens with one attached hydrogen (secondary N) is 1. The van der Waals surface area contributed by atoms with E-state index in [9.17, 15) is 0 Å². The van der Waals surface area contributed by atoms with Crippen LogP contribution in [0.25, 0.3) is 5.65 Å². The van der Waals surface area contributed by atoms with Gasteiger partial charge in [-0.2, -0.15) is 9.61 Å². The Balaban J connectivity index is 1.49. The fourth-order valence-electron chi connectivity index (χ4n) is 3.08. The summed E-state index contributed by atoms with van der Waals surface area (Å²) in [4.78, 5) is 2.37. The van der Waals surface area contributed by atoms with Crippen LogP contribution < -0.4 is 10.2 Å². The van der Waals surface area contributed by atoms with E-state index in [4.69, 9.17) is 0 Å². The van der Waals surface area contributed by atoms with Gasteiger partial charge in [0.15, 0.2) is 11.5 Å². The number of aryl methyl sites for hydroxylation is 2. The molecule has 1 aliphatic rings. The number of fused-ring (bicyclic) bond motifs is 1. The first kappa shape index (κ1) is 14.0. The van der Waals surface area contributed by atoms with Gasteiger partial charge in [0.1, 0.15) is 5.82 Å². The van der Waals surface area contributed by atoms with Gasteiger partial charge in [-0.15, -0.1) is 15.3 Å². The summed E-state index contributed by atoms with van der Waals surface area (Å²) >= 11 is 0. The summed E-state index contributed by atoms with van der Waals surface area (Å²) in [5.74, 6) is 1.66. The quantitative estimate of drug-likeness (QED) is 0.784. The highest BCUT2D eigenvalue weighted by molar-refractivity contribution is 5.46. The third-order valence-electron chi connectivity index (χ3n) is 4.25. The summed E-state index contributed by atoms with van der Waals surface area (Å²) in [6.07, 6.45) is 6.28. The van der Waals surface area contributed by atoms with Gasteiger partial charge in [0, 0.05) is 32.4 Å². The van der Waals surface area contributed by atoms with Gasteiger partial charge in [-0.3, -0.25) is 4.68 Å². The molecule has 4 rings (SSSR count). The van der Waals surface area contributed by atoms with Crippen LogP contribution >= 0.6 is 0 Å². The molecule has 0 radical (unpaired) electrons. The molecular weight excluding hydrogens is 292 g/mol. The lowest BCUT2D eigenvalue weighted by molar-refractivity contribution is 0.528. The zero-order valence-corrected chi connectivity index (χ0v) is 13.3. The van der Waals surface area contributed by atoms with Gasteiger partial charge < -0.3 is 10.2 Å². The maximum absolute atomic E-state index is 4.58. The molecule has 120 valence electrons. The first-order chi connectivity index (χ1) is 11.2. The average molecular weight is 312 g/mol. The van der Waals surface area contributed by atoms with Crippen molar-refractivity contribution in [2.24, 2.45) is 7.05 Å². The molecule has 0 aliphatic carbocycles. The molecule has 1 fully saturated rings. The minimum absolute atomic E-state index is 0.366. The molecule has 8 nitrogen and oxygen atoms in total. The number of nitrogens with zero attached hydrogens (tertiary/aromatic N) is 7. The van der Waals surface area contributed by atoms with Gasteiger partial charge in [-0.1, -0.05) is 0 Å². The molecule has 1 saturated heterocycles. The van der Waals surface area contributed by atoms with Crippen molar-refractivity contribution < 1.29 is 0 Å². The van der Waals surface area contributed by atoms with Crippen LogP contribution in [-0.4, -0.2) is 48.7 Å². The van der Waals surface area contributed by atoms with Crippen LogP contribution in [0.1, 0.15) is 18.7 Å². The molecule has 23 heavy (non-hydrogen) atoms. The highest BCUT2D eigenvalue weighted by Crippen LogP contribution is 2.21. The summed E-state index contributed by atoms with van der Waals surface area (Å²) in [7, 11) is 1.95. The van der Waals surface area contributed by atoms with Gasteiger partial charge in [-0.05, 0) is 31.9 Å². The van der Waals surface area contributed by atoms with E-state index in [1.807, 2.05) is 37.0 Å². The first-order valence-electron chi connectivity index (χ1n) is 7.88. The molecule has 1 aliphatic heterocycles. The molecule has 0 bridgehead atoms. The molecule has 0 unspecified atom stereocenters. The molecule has 4 heterocycles. The van der Waals surface area contributed by atoms with Crippen LogP contribution in [0, 0.1) is 6.92 Å². The van der Waals surface area contributed by atoms with Crippen molar-refractivity contribution in [1.29, 1.82) is 0 Å². The average Bonchev–Trinajstić information content (AvgIpc) is 3.15. The number of aromatic nitrogens is 6. The van der Waals surface area contributed by atoms with Crippen LogP contribution in [0.2, 0.25) is 0 Å². The lowest BCUT2D eigenvalue weighted by Crippen LogP contribution is -2.42. The fraction of sp³-hybridized carbons (Fsp3) is 0.467. The van der Waals surface area contributed by atoms with Gasteiger partial charge >= 0.3 is 0 Å². The van der Waals surface area contributed by atoms with E-state index in [2.05, 4.69) is 36.8 Å². The Kier molecular flexibility index (Phi) is 3.36. The maximum atomic E-state index is 4.58. The van der Waals surface area contributed by atoms with E-state index >= 15 is 0 Å². The van der Waals surface area contributed by atoms with E-state index in [1.54, 1.807) is 4.52 Å². The highest BCUT2D eigenvalue weighted by atomic mass is 15.4. The van der Waals surface area contributed by atoms with Crippen molar-refractivity contribution in [3.8, 4) is 0 Å². The minimum atomic E-state index is 0.366. The van der Waals surface area contributed by atoms with Crippen molar-refractivity contribution >= 4 is 17.2 Å². The monoisotopic (exact) mass is 312 g/mol. The molecule has 0 amide bonds. The van der Waals surface area contributed by atoms with E-state index in [0.717, 1.165) is 43.2 Å². The predicted molar refractivity (Wildman–Crippen MR) is 87.6 cm³/mol. The topological polar surface area (TPSA) is 76.2 Å². The van der Waals surface area contributed by atoms with Crippen LogP contribution in [0.15, 0.2) is 24.5 Å². The molecular formula is C15H20N8. The first-order valence-corrected chi connectivity index (χ1v) is 7.88. The molecule has 0 spiro atoms. The molecule has 3 aromatic rings. The van der Waals surface area contributed by atoms with Crippen LogP contribution in [-0.2, 0) is 7.05 Å². The smallest absolute Gasteiger partial charge is 0.178 e. The van der Waals surface area contributed by atoms with E-state index in [1.165, 1.54) is 5.69 Å². The molecule has 1 N–H and O–H groups in total. The lowest BCUT2D eigenvalue weighted by Gasteiger charge is -2.34.